The maximum atomic E-state index is 12.9. The number of carbonyl (C=O) groups excluding carboxylic acids is 1. The zero-order valence-electron chi connectivity index (χ0n) is 12.2. The van der Waals surface area contributed by atoms with E-state index in [4.69, 9.17) is 16.3 Å². The van der Waals surface area contributed by atoms with Gasteiger partial charge in [-0.15, -0.1) is 11.3 Å². The monoisotopic (exact) mass is 376 g/mol. The standard InChI is InChI=1S/C15H12ClF3N2O2S/c1-2-5-23-12-4-3-9(15(17,18)19)6-11(12)13(22)20-7-10-8-21-14(16)24-10/h2-4,6,8H,1,5,7H2,(H,20,22). The van der Waals surface area contributed by atoms with E-state index >= 15 is 0 Å². The van der Waals surface area contributed by atoms with E-state index in [1.165, 1.54) is 23.6 Å². The number of amides is 1. The number of benzene rings is 1. The minimum Gasteiger partial charge on any atom is -0.489 e. The van der Waals surface area contributed by atoms with Gasteiger partial charge in [0.25, 0.3) is 5.91 Å². The molecule has 0 radical (unpaired) electrons. The summed E-state index contributed by atoms with van der Waals surface area (Å²) in [7, 11) is 0. The van der Waals surface area contributed by atoms with E-state index in [1.54, 1.807) is 0 Å². The van der Waals surface area contributed by atoms with Gasteiger partial charge in [-0.2, -0.15) is 13.2 Å². The number of nitrogens with one attached hydrogen (secondary N) is 1. The third kappa shape index (κ3) is 4.72. The molecule has 0 fully saturated rings. The Bertz CT molecular complexity index is 747. The summed E-state index contributed by atoms with van der Waals surface area (Å²) in [4.78, 5) is 16.7. The molecule has 128 valence electrons. The van der Waals surface area contributed by atoms with Crippen LogP contribution < -0.4 is 10.1 Å². The van der Waals surface area contributed by atoms with Crippen LogP contribution in [0.1, 0.15) is 20.8 Å². The van der Waals surface area contributed by atoms with E-state index in [1.807, 2.05) is 0 Å². The summed E-state index contributed by atoms with van der Waals surface area (Å²) in [6.45, 7) is 3.62. The number of ether oxygens (including phenoxy) is 1. The molecule has 2 aromatic rings. The van der Waals surface area contributed by atoms with E-state index in [0.29, 0.717) is 9.34 Å². The number of nitrogens with zero attached hydrogens (tertiary/aromatic N) is 1. The lowest BCUT2D eigenvalue weighted by Crippen LogP contribution is -2.23. The molecule has 0 saturated carbocycles. The zero-order valence-corrected chi connectivity index (χ0v) is 13.8. The second-order valence-electron chi connectivity index (χ2n) is 4.57. The number of thiazole rings is 1. The van der Waals surface area contributed by atoms with Crippen molar-refractivity contribution in [2.75, 3.05) is 6.61 Å². The summed E-state index contributed by atoms with van der Waals surface area (Å²) in [5, 5.41) is 2.52. The smallest absolute Gasteiger partial charge is 0.416 e. The minimum absolute atomic E-state index is 0.0442. The predicted molar refractivity (Wildman–Crippen MR) is 85.4 cm³/mol. The predicted octanol–water partition coefficient (Wildman–Crippen LogP) is 4.31. The van der Waals surface area contributed by atoms with Crippen molar-refractivity contribution in [3.63, 3.8) is 0 Å². The van der Waals surface area contributed by atoms with Gasteiger partial charge in [-0.05, 0) is 18.2 Å². The highest BCUT2D eigenvalue weighted by Gasteiger charge is 2.32. The summed E-state index contributed by atoms with van der Waals surface area (Å²) in [5.41, 5.74) is -1.14. The van der Waals surface area contributed by atoms with Gasteiger partial charge in [-0.1, -0.05) is 24.3 Å². The van der Waals surface area contributed by atoms with Crippen molar-refractivity contribution in [1.29, 1.82) is 0 Å². The molecular weight excluding hydrogens is 365 g/mol. The summed E-state index contributed by atoms with van der Waals surface area (Å²) < 4.78 is 44.1. The normalized spacial score (nSPS) is 11.2. The molecule has 24 heavy (non-hydrogen) atoms. The highest BCUT2D eigenvalue weighted by atomic mass is 35.5. The Morgan fingerprint density at radius 1 is 1.46 bits per heavy atom. The maximum absolute atomic E-state index is 12.9. The second-order valence-corrected chi connectivity index (χ2v) is 6.27. The van der Waals surface area contributed by atoms with Gasteiger partial charge in [0.2, 0.25) is 0 Å². The molecule has 0 aliphatic heterocycles. The summed E-state index contributed by atoms with van der Waals surface area (Å²) in [5.74, 6) is -0.646. The molecule has 1 heterocycles. The lowest BCUT2D eigenvalue weighted by atomic mass is 10.1. The first-order chi connectivity index (χ1) is 11.3. The Balaban J connectivity index is 2.22. The van der Waals surface area contributed by atoms with Crippen molar-refractivity contribution in [3.05, 3.63) is 57.5 Å². The van der Waals surface area contributed by atoms with Crippen molar-refractivity contribution < 1.29 is 22.7 Å². The molecule has 0 aliphatic carbocycles. The number of alkyl halides is 3. The first-order valence-electron chi connectivity index (χ1n) is 6.64. The van der Waals surface area contributed by atoms with Gasteiger partial charge in [-0.3, -0.25) is 4.79 Å². The van der Waals surface area contributed by atoms with Gasteiger partial charge >= 0.3 is 6.18 Å². The Labute approximate surface area is 144 Å². The average Bonchev–Trinajstić information content (AvgIpc) is 2.95. The van der Waals surface area contributed by atoms with Crippen molar-refractivity contribution in [1.82, 2.24) is 10.3 Å². The molecule has 0 unspecified atom stereocenters. The molecule has 1 N–H and O–H groups in total. The van der Waals surface area contributed by atoms with E-state index < -0.39 is 17.6 Å². The maximum Gasteiger partial charge on any atom is 0.416 e. The van der Waals surface area contributed by atoms with Gasteiger partial charge in [0.15, 0.2) is 4.47 Å². The lowest BCUT2D eigenvalue weighted by Gasteiger charge is -2.13. The van der Waals surface area contributed by atoms with Crippen LogP contribution in [-0.2, 0) is 12.7 Å². The Morgan fingerprint density at radius 3 is 2.79 bits per heavy atom. The van der Waals surface area contributed by atoms with Crippen LogP contribution >= 0.6 is 22.9 Å². The van der Waals surface area contributed by atoms with Crippen LogP contribution in [0, 0.1) is 0 Å². The van der Waals surface area contributed by atoms with E-state index in [-0.39, 0.29) is 24.5 Å². The van der Waals surface area contributed by atoms with Gasteiger partial charge in [0.05, 0.1) is 17.7 Å². The van der Waals surface area contributed by atoms with Crippen LogP contribution in [0.3, 0.4) is 0 Å². The van der Waals surface area contributed by atoms with Crippen LogP contribution in [0.2, 0.25) is 4.47 Å². The number of carbonyl (C=O) groups is 1. The van der Waals surface area contributed by atoms with Gasteiger partial charge < -0.3 is 10.1 Å². The molecule has 1 aromatic heterocycles. The highest BCUT2D eigenvalue weighted by Crippen LogP contribution is 2.32. The molecule has 1 aromatic carbocycles. The molecule has 4 nitrogen and oxygen atoms in total. The van der Waals surface area contributed by atoms with Gasteiger partial charge in [-0.25, -0.2) is 4.98 Å². The van der Waals surface area contributed by atoms with Crippen molar-refractivity contribution in [3.8, 4) is 5.75 Å². The quantitative estimate of drug-likeness (QED) is 0.764. The van der Waals surface area contributed by atoms with Crippen LogP contribution in [-0.4, -0.2) is 17.5 Å². The molecule has 0 spiro atoms. The molecule has 0 aliphatic rings. The lowest BCUT2D eigenvalue weighted by molar-refractivity contribution is -0.137. The average molecular weight is 377 g/mol. The summed E-state index contributed by atoms with van der Waals surface area (Å²) >= 11 is 6.85. The fourth-order valence-corrected chi connectivity index (χ4v) is 2.70. The third-order valence-electron chi connectivity index (χ3n) is 2.86. The third-order valence-corrected chi connectivity index (χ3v) is 3.97. The fraction of sp³-hybridized carbons (Fsp3) is 0.200. The Kier molecular flexibility index (Phi) is 5.84. The minimum atomic E-state index is -4.56. The van der Waals surface area contributed by atoms with Crippen LogP contribution in [0.25, 0.3) is 0 Å². The van der Waals surface area contributed by atoms with Gasteiger partial charge in [0, 0.05) is 11.1 Å². The van der Waals surface area contributed by atoms with Crippen LogP contribution in [0.15, 0.2) is 37.1 Å². The second kappa shape index (κ2) is 7.67. The largest absolute Gasteiger partial charge is 0.489 e. The number of hydrogen-bond acceptors (Lipinski definition) is 4. The summed E-state index contributed by atoms with van der Waals surface area (Å²) in [6.07, 6.45) is -1.65. The number of halogens is 4. The Hall–Kier alpha value is -2.06. The highest BCUT2D eigenvalue weighted by molar-refractivity contribution is 7.15. The first kappa shape index (κ1) is 18.3. The first-order valence-corrected chi connectivity index (χ1v) is 7.84. The van der Waals surface area contributed by atoms with Crippen LogP contribution in [0.4, 0.5) is 13.2 Å². The Morgan fingerprint density at radius 2 is 2.21 bits per heavy atom. The van der Waals surface area contributed by atoms with Crippen molar-refractivity contribution in [2.24, 2.45) is 0 Å². The number of hydrogen-bond donors (Lipinski definition) is 1. The SMILES string of the molecule is C=CCOc1ccc(C(F)(F)F)cc1C(=O)NCc1cnc(Cl)s1. The van der Waals surface area contributed by atoms with E-state index in [0.717, 1.165) is 18.2 Å². The summed E-state index contributed by atoms with van der Waals surface area (Å²) in [6, 6.07) is 2.73. The topological polar surface area (TPSA) is 51.2 Å². The molecule has 2 rings (SSSR count). The van der Waals surface area contributed by atoms with E-state index in [2.05, 4.69) is 16.9 Å². The number of aromatic nitrogens is 1. The van der Waals surface area contributed by atoms with Crippen molar-refractivity contribution >= 4 is 28.8 Å². The zero-order chi connectivity index (χ0) is 17.7. The molecule has 0 atom stereocenters. The van der Waals surface area contributed by atoms with Crippen molar-refractivity contribution in [2.45, 2.75) is 12.7 Å². The van der Waals surface area contributed by atoms with E-state index in [9.17, 15) is 18.0 Å². The molecule has 9 heteroatoms. The fourth-order valence-electron chi connectivity index (χ4n) is 1.79. The molecule has 0 saturated heterocycles. The molecule has 0 bridgehead atoms. The number of rotatable bonds is 6. The van der Waals surface area contributed by atoms with Gasteiger partial charge in [0.1, 0.15) is 12.4 Å². The molecular formula is C15H12ClF3N2O2S. The molecule has 1 amide bonds. The van der Waals surface area contributed by atoms with Crippen LogP contribution in [0.5, 0.6) is 5.75 Å².